The Kier molecular flexibility index (Phi) is 5.23. The lowest BCUT2D eigenvalue weighted by Gasteiger charge is -2.39. The van der Waals surface area contributed by atoms with E-state index < -0.39 is 16.1 Å². The van der Waals surface area contributed by atoms with Crippen LogP contribution in [0.15, 0.2) is 48.5 Å². The summed E-state index contributed by atoms with van der Waals surface area (Å²) in [5.41, 5.74) is 3.04. The Hall–Kier alpha value is -2.58. The highest BCUT2D eigenvalue weighted by molar-refractivity contribution is 7.92. The number of rotatable bonds is 3. The summed E-state index contributed by atoms with van der Waals surface area (Å²) in [5.74, 6) is 0. The third kappa shape index (κ3) is 3.77. The number of amides is 2. The number of aliphatic hydroxyl groups excluding tert-OH is 1. The number of urea groups is 1. The molecule has 2 aromatic carbocycles. The van der Waals surface area contributed by atoms with Gasteiger partial charge in [0.15, 0.2) is 0 Å². The summed E-state index contributed by atoms with van der Waals surface area (Å²) in [6.45, 7) is 3.25. The molecule has 160 valence electrons. The monoisotopic (exact) mass is 429 g/mol. The predicted molar refractivity (Wildman–Crippen MR) is 117 cm³/mol. The Morgan fingerprint density at radius 1 is 1.10 bits per heavy atom. The first-order valence-corrected chi connectivity index (χ1v) is 12.0. The van der Waals surface area contributed by atoms with E-state index in [1.165, 1.54) is 10.6 Å². The summed E-state index contributed by atoms with van der Waals surface area (Å²) < 4.78 is 26.1. The van der Waals surface area contributed by atoms with E-state index in [9.17, 15) is 18.3 Å². The number of aliphatic hydroxyl groups is 1. The molecule has 2 N–H and O–H groups in total. The van der Waals surface area contributed by atoms with Crippen molar-refractivity contribution in [1.29, 1.82) is 0 Å². The van der Waals surface area contributed by atoms with Crippen molar-refractivity contribution in [2.24, 2.45) is 0 Å². The number of nitrogens with one attached hydrogen (secondary N) is 1. The van der Waals surface area contributed by atoms with Crippen LogP contribution in [0, 0.1) is 0 Å². The molecule has 1 atom stereocenters. The average molecular weight is 430 g/mol. The maximum Gasteiger partial charge on any atom is 0.321 e. The number of hydrogen-bond donors (Lipinski definition) is 2. The Morgan fingerprint density at radius 2 is 1.73 bits per heavy atom. The number of nitrogens with zero attached hydrogens (tertiary/aromatic N) is 2. The van der Waals surface area contributed by atoms with E-state index in [0.29, 0.717) is 38.2 Å². The molecule has 0 bridgehead atoms. The summed E-state index contributed by atoms with van der Waals surface area (Å²) in [4.78, 5) is 14.5. The van der Waals surface area contributed by atoms with Crippen LogP contribution in [0.2, 0.25) is 0 Å². The third-order valence-corrected chi connectivity index (χ3v) is 7.37. The van der Waals surface area contributed by atoms with Gasteiger partial charge >= 0.3 is 6.03 Å². The second-order valence-electron chi connectivity index (χ2n) is 8.28. The van der Waals surface area contributed by atoms with Gasteiger partial charge in [0.1, 0.15) is 0 Å². The molecule has 2 heterocycles. The van der Waals surface area contributed by atoms with Gasteiger partial charge in [-0.3, -0.25) is 4.31 Å². The van der Waals surface area contributed by atoms with Crippen molar-refractivity contribution in [3.63, 3.8) is 0 Å². The van der Waals surface area contributed by atoms with Crippen LogP contribution in [-0.2, 0) is 15.4 Å². The molecule has 1 unspecified atom stereocenters. The molecular formula is C22H27N3O4S. The van der Waals surface area contributed by atoms with Crippen molar-refractivity contribution in [3.8, 4) is 0 Å². The minimum atomic E-state index is -3.35. The molecule has 4 rings (SSSR count). The number of hydrogen-bond acceptors (Lipinski definition) is 4. The average Bonchev–Trinajstić information content (AvgIpc) is 3.04. The van der Waals surface area contributed by atoms with Crippen molar-refractivity contribution >= 4 is 27.4 Å². The van der Waals surface area contributed by atoms with Gasteiger partial charge in [-0.05, 0) is 49.1 Å². The molecular weight excluding hydrogens is 402 g/mol. The summed E-state index contributed by atoms with van der Waals surface area (Å²) >= 11 is 0. The number of benzene rings is 2. The highest BCUT2D eigenvalue weighted by Gasteiger charge is 2.47. The number of anilines is 2. The first-order chi connectivity index (χ1) is 14.2. The molecule has 1 saturated heterocycles. The Balaban J connectivity index is 1.45. The van der Waals surface area contributed by atoms with Crippen LogP contribution in [0.5, 0.6) is 0 Å². The highest BCUT2D eigenvalue weighted by atomic mass is 32.2. The van der Waals surface area contributed by atoms with E-state index in [4.69, 9.17) is 0 Å². The molecule has 2 aliphatic rings. The second-order valence-corrected chi connectivity index (χ2v) is 10.2. The number of fused-ring (bicyclic) bond motifs is 2. The molecule has 0 radical (unpaired) electrons. The standard InChI is InChI=1S/C22H27N3O4S/c1-16(26)17-7-9-18(10-8-17)23-21(27)24-13-11-22(12-14-24)15-25(30(2,28)29)20-6-4-3-5-19(20)22/h3-10,16,26H,11-15H2,1-2H3,(H,23,27). The smallest absolute Gasteiger partial charge is 0.321 e. The van der Waals surface area contributed by atoms with Crippen LogP contribution < -0.4 is 9.62 Å². The van der Waals surface area contributed by atoms with Gasteiger partial charge in [-0.25, -0.2) is 13.2 Å². The molecule has 7 nitrogen and oxygen atoms in total. The van der Waals surface area contributed by atoms with Crippen molar-refractivity contribution in [2.75, 3.05) is 35.5 Å². The van der Waals surface area contributed by atoms with Gasteiger partial charge < -0.3 is 15.3 Å². The minimum Gasteiger partial charge on any atom is -0.389 e. The number of sulfonamides is 1. The fraction of sp³-hybridized carbons (Fsp3) is 0.409. The van der Waals surface area contributed by atoms with Crippen molar-refractivity contribution < 1.29 is 18.3 Å². The van der Waals surface area contributed by atoms with Gasteiger partial charge in [0, 0.05) is 30.7 Å². The quantitative estimate of drug-likeness (QED) is 0.785. The summed E-state index contributed by atoms with van der Waals surface area (Å²) in [6, 6.07) is 14.7. The minimum absolute atomic E-state index is 0.166. The topological polar surface area (TPSA) is 89.9 Å². The molecule has 0 aromatic heterocycles. The van der Waals surface area contributed by atoms with Gasteiger partial charge in [0.25, 0.3) is 0 Å². The Labute approximate surface area is 177 Å². The first-order valence-electron chi connectivity index (χ1n) is 10.1. The summed E-state index contributed by atoms with van der Waals surface area (Å²) in [7, 11) is -3.35. The van der Waals surface area contributed by atoms with Crippen LogP contribution in [0.4, 0.5) is 16.2 Å². The predicted octanol–water partition coefficient (Wildman–Crippen LogP) is 3.09. The van der Waals surface area contributed by atoms with E-state index >= 15 is 0 Å². The maximum absolute atomic E-state index is 12.7. The van der Waals surface area contributed by atoms with Gasteiger partial charge in [-0.2, -0.15) is 0 Å². The van der Waals surface area contributed by atoms with Crippen LogP contribution in [0.1, 0.15) is 37.0 Å². The molecule has 8 heteroatoms. The zero-order valence-corrected chi connectivity index (χ0v) is 18.0. The van der Waals surface area contributed by atoms with E-state index in [2.05, 4.69) is 5.32 Å². The maximum atomic E-state index is 12.7. The third-order valence-electron chi connectivity index (χ3n) is 6.24. The molecule has 0 saturated carbocycles. The number of carbonyl (C=O) groups excluding carboxylic acids is 1. The van der Waals surface area contributed by atoms with E-state index in [1.807, 2.05) is 24.3 Å². The molecule has 1 fully saturated rings. The van der Waals surface area contributed by atoms with Gasteiger partial charge in [0.05, 0.1) is 18.0 Å². The SMILES string of the molecule is CC(O)c1ccc(NC(=O)N2CCC3(CC2)CN(S(C)(=O)=O)c2ccccc23)cc1. The molecule has 2 aliphatic heterocycles. The lowest BCUT2D eigenvalue weighted by atomic mass is 9.74. The number of para-hydroxylation sites is 1. The van der Waals surface area contributed by atoms with Crippen molar-refractivity contribution in [3.05, 3.63) is 59.7 Å². The Morgan fingerprint density at radius 3 is 2.33 bits per heavy atom. The highest BCUT2D eigenvalue weighted by Crippen LogP contribution is 2.47. The summed E-state index contributed by atoms with van der Waals surface area (Å²) in [5, 5.41) is 12.5. The normalized spacial score (nSPS) is 18.9. The second kappa shape index (κ2) is 7.59. The van der Waals surface area contributed by atoms with E-state index in [-0.39, 0.29) is 11.4 Å². The van der Waals surface area contributed by atoms with E-state index in [1.54, 1.807) is 36.1 Å². The number of carbonyl (C=O) groups is 1. The van der Waals surface area contributed by atoms with Gasteiger partial charge in [-0.15, -0.1) is 0 Å². The molecule has 0 aliphatic carbocycles. The van der Waals surface area contributed by atoms with Crippen LogP contribution in [-0.4, -0.2) is 50.3 Å². The van der Waals surface area contributed by atoms with Crippen molar-refractivity contribution in [2.45, 2.75) is 31.3 Å². The van der Waals surface area contributed by atoms with Crippen molar-refractivity contribution in [1.82, 2.24) is 4.90 Å². The fourth-order valence-corrected chi connectivity index (χ4v) is 5.49. The lowest BCUT2D eigenvalue weighted by Crippen LogP contribution is -2.48. The fourth-order valence-electron chi connectivity index (χ4n) is 4.49. The molecule has 30 heavy (non-hydrogen) atoms. The van der Waals surface area contributed by atoms with Crippen LogP contribution in [0.25, 0.3) is 0 Å². The van der Waals surface area contributed by atoms with Gasteiger partial charge in [-0.1, -0.05) is 30.3 Å². The number of piperidine rings is 1. The zero-order chi connectivity index (χ0) is 21.5. The van der Waals surface area contributed by atoms with Crippen LogP contribution >= 0.6 is 0 Å². The summed E-state index contributed by atoms with van der Waals surface area (Å²) in [6.07, 6.45) is 2.12. The zero-order valence-electron chi connectivity index (χ0n) is 17.2. The number of likely N-dealkylation sites (tertiary alicyclic amines) is 1. The first kappa shape index (κ1) is 20.7. The van der Waals surface area contributed by atoms with Crippen LogP contribution in [0.3, 0.4) is 0 Å². The largest absolute Gasteiger partial charge is 0.389 e. The molecule has 2 amide bonds. The van der Waals surface area contributed by atoms with Gasteiger partial charge in [0.2, 0.25) is 10.0 Å². The molecule has 2 aromatic rings. The van der Waals surface area contributed by atoms with E-state index in [0.717, 1.165) is 16.8 Å². The Bertz CT molecular complexity index is 1040. The molecule has 1 spiro atoms. The lowest BCUT2D eigenvalue weighted by molar-refractivity contribution is 0.173.